The molecule has 6 nitrogen and oxygen atoms in total. The Morgan fingerprint density at radius 3 is 2.03 bits per heavy atom. The number of hydrogen-bond donors (Lipinski definition) is 0. The van der Waals surface area contributed by atoms with Gasteiger partial charge in [-0.25, -0.2) is 0 Å². The third-order valence-electron chi connectivity index (χ3n) is 4.00. The average molecular weight is 462 g/mol. The normalized spacial score (nSPS) is 10.4. The third-order valence-corrected chi connectivity index (χ3v) is 5.20. The van der Waals surface area contributed by atoms with Crippen molar-refractivity contribution in [2.45, 2.75) is 19.4 Å². The molecule has 0 heterocycles. The van der Waals surface area contributed by atoms with Gasteiger partial charge in [0.2, 0.25) is 5.75 Å². The molecular formula is C20H19Cl3O6. The van der Waals surface area contributed by atoms with E-state index in [4.69, 9.17) is 53.8 Å². The topological polar surface area (TPSA) is 71.1 Å². The van der Waals surface area contributed by atoms with Gasteiger partial charge in [0.25, 0.3) is 0 Å². The molecule has 29 heavy (non-hydrogen) atoms. The van der Waals surface area contributed by atoms with Crippen molar-refractivity contribution in [3.8, 4) is 17.2 Å². The predicted octanol–water partition coefficient (Wildman–Crippen LogP) is 5.38. The van der Waals surface area contributed by atoms with Crippen molar-refractivity contribution in [3.05, 3.63) is 50.5 Å². The summed E-state index contributed by atoms with van der Waals surface area (Å²) in [6.45, 7) is -0.0384. The molecule has 0 aliphatic rings. The van der Waals surface area contributed by atoms with Crippen LogP contribution in [0, 0.1) is 0 Å². The summed E-state index contributed by atoms with van der Waals surface area (Å²) in [4.78, 5) is 24.6. The summed E-state index contributed by atoms with van der Waals surface area (Å²) < 4.78 is 20.9. The van der Waals surface area contributed by atoms with E-state index < -0.39 is 5.97 Å². The highest BCUT2D eigenvalue weighted by atomic mass is 35.5. The summed E-state index contributed by atoms with van der Waals surface area (Å²) in [5.74, 6) is 0.147. The van der Waals surface area contributed by atoms with Crippen LogP contribution < -0.4 is 14.2 Å². The molecule has 0 aliphatic carbocycles. The van der Waals surface area contributed by atoms with Gasteiger partial charge in [0.05, 0.1) is 48.4 Å². The highest BCUT2D eigenvalue weighted by molar-refractivity contribution is 6.48. The predicted molar refractivity (Wildman–Crippen MR) is 111 cm³/mol. The van der Waals surface area contributed by atoms with E-state index in [1.165, 1.54) is 21.3 Å². The maximum absolute atomic E-state index is 12.6. The molecule has 0 N–H and O–H groups in total. The van der Waals surface area contributed by atoms with Crippen molar-refractivity contribution in [2.24, 2.45) is 0 Å². The van der Waals surface area contributed by atoms with E-state index in [9.17, 15) is 9.59 Å². The molecule has 0 bridgehead atoms. The number of halogens is 3. The van der Waals surface area contributed by atoms with Crippen molar-refractivity contribution >= 4 is 46.6 Å². The lowest BCUT2D eigenvalue weighted by molar-refractivity contribution is -0.144. The average Bonchev–Trinajstić information content (AvgIpc) is 2.72. The second-order valence-corrected chi connectivity index (χ2v) is 7.03. The van der Waals surface area contributed by atoms with Crippen molar-refractivity contribution in [3.63, 3.8) is 0 Å². The summed E-state index contributed by atoms with van der Waals surface area (Å²) >= 11 is 17.8. The number of methoxy groups -OCH3 is 3. The van der Waals surface area contributed by atoms with Gasteiger partial charge >= 0.3 is 5.97 Å². The molecule has 0 unspecified atom stereocenters. The molecule has 0 radical (unpaired) electrons. The van der Waals surface area contributed by atoms with Gasteiger partial charge in [0.1, 0.15) is 6.61 Å². The van der Waals surface area contributed by atoms with Crippen molar-refractivity contribution in [1.29, 1.82) is 0 Å². The number of carbonyl (C=O) groups is 2. The van der Waals surface area contributed by atoms with Crippen LogP contribution >= 0.6 is 34.8 Å². The number of rotatable bonds is 9. The molecule has 0 saturated heterocycles. The minimum Gasteiger partial charge on any atom is -0.493 e. The van der Waals surface area contributed by atoms with Crippen molar-refractivity contribution in [2.75, 3.05) is 21.3 Å². The standard InChI is InChI=1S/C20H19Cl3O6/c1-26-16-6-4-12(19(27-2)20(16)28-3)15(24)5-7-17(25)29-10-11-8-13(21)18(23)14(22)9-11/h4,6,8-9H,5,7,10H2,1-3H3. The van der Waals surface area contributed by atoms with Gasteiger partial charge in [0, 0.05) is 6.42 Å². The minimum atomic E-state index is -0.542. The first-order valence-electron chi connectivity index (χ1n) is 8.43. The van der Waals surface area contributed by atoms with Gasteiger partial charge in [-0.15, -0.1) is 0 Å². The van der Waals surface area contributed by atoms with Crippen LogP contribution in [0.3, 0.4) is 0 Å². The molecule has 2 rings (SSSR count). The van der Waals surface area contributed by atoms with Gasteiger partial charge < -0.3 is 18.9 Å². The Bertz CT molecular complexity index is 890. The first-order valence-corrected chi connectivity index (χ1v) is 9.57. The number of carbonyl (C=O) groups excluding carboxylic acids is 2. The van der Waals surface area contributed by atoms with Crippen LogP contribution in [0.5, 0.6) is 17.2 Å². The molecule has 0 fully saturated rings. The molecule has 0 saturated carbocycles. The molecule has 156 valence electrons. The van der Waals surface area contributed by atoms with Crippen LogP contribution in [-0.2, 0) is 16.1 Å². The SMILES string of the molecule is COc1ccc(C(=O)CCC(=O)OCc2cc(Cl)c(Cl)c(Cl)c2)c(OC)c1OC. The summed E-state index contributed by atoms with van der Waals surface area (Å²) in [6, 6.07) is 6.28. The third kappa shape index (κ3) is 5.69. The van der Waals surface area contributed by atoms with Crippen molar-refractivity contribution in [1.82, 2.24) is 0 Å². The Balaban J connectivity index is 1.99. The van der Waals surface area contributed by atoms with E-state index in [1.54, 1.807) is 24.3 Å². The van der Waals surface area contributed by atoms with Crippen LogP contribution in [0.4, 0.5) is 0 Å². The maximum Gasteiger partial charge on any atom is 0.306 e. The number of hydrogen-bond acceptors (Lipinski definition) is 6. The number of ketones is 1. The van der Waals surface area contributed by atoms with Crippen LogP contribution in [0.15, 0.2) is 24.3 Å². The smallest absolute Gasteiger partial charge is 0.306 e. The number of esters is 1. The first-order chi connectivity index (χ1) is 13.8. The Labute approximate surface area is 183 Å². The number of ether oxygens (including phenoxy) is 4. The maximum atomic E-state index is 12.6. The van der Waals surface area contributed by atoms with E-state index in [0.717, 1.165) is 0 Å². The molecular weight excluding hydrogens is 443 g/mol. The van der Waals surface area contributed by atoms with E-state index in [2.05, 4.69) is 0 Å². The second-order valence-electron chi connectivity index (χ2n) is 5.84. The first kappa shape index (κ1) is 23.1. The zero-order chi connectivity index (χ0) is 21.6. The van der Waals surface area contributed by atoms with Gasteiger partial charge in [-0.3, -0.25) is 9.59 Å². The summed E-state index contributed by atoms with van der Waals surface area (Å²) in [5, 5.41) is 0.764. The monoisotopic (exact) mass is 460 g/mol. The molecule has 0 aliphatic heterocycles. The highest BCUT2D eigenvalue weighted by Gasteiger charge is 2.21. The molecule has 2 aromatic carbocycles. The van der Waals surface area contributed by atoms with Crippen LogP contribution in [0.2, 0.25) is 15.1 Å². The fourth-order valence-corrected chi connectivity index (χ4v) is 3.24. The van der Waals surface area contributed by atoms with Crippen LogP contribution in [0.25, 0.3) is 0 Å². The summed E-state index contributed by atoms with van der Waals surface area (Å²) in [7, 11) is 4.35. The Morgan fingerprint density at radius 2 is 1.48 bits per heavy atom. The quantitative estimate of drug-likeness (QED) is 0.284. The van der Waals surface area contributed by atoms with E-state index in [0.29, 0.717) is 17.1 Å². The fourth-order valence-electron chi connectivity index (χ4n) is 2.60. The molecule has 9 heteroatoms. The molecule has 0 aromatic heterocycles. The molecule has 2 aromatic rings. The molecule has 0 atom stereocenters. The van der Waals surface area contributed by atoms with Gasteiger partial charge in [-0.1, -0.05) is 34.8 Å². The fraction of sp³-hybridized carbons (Fsp3) is 0.300. The summed E-state index contributed by atoms with van der Waals surface area (Å²) in [6.07, 6.45) is -0.168. The van der Waals surface area contributed by atoms with Gasteiger partial charge in [-0.2, -0.15) is 0 Å². The lowest BCUT2D eigenvalue weighted by Gasteiger charge is -2.15. The van der Waals surface area contributed by atoms with E-state index in [1.807, 2.05) is 0 Å². The van der Waals surface area contributed by atoms with Crippen LogP contribution in [-0.4, -0.2) is 33.1 Å². The van der Waals surface area contributed by atoms with Crippen LogP contribution in [0.1, 0.15) is 28.8 Å². The Hall–Kier alpha value is -2.15. The summed E-state index contributed by atoms with van der Waals surface area (Å²) in [5.41, 5.74) is 0.875. The zero-order valence-corrected chi connectivity index (χ0v) is 18.3. The lowest BCUT2D eigenvalue weighted by atomic mass is 10.0. The number of benzene rings is 2. The second kappa shape index (κ2) is 10.6. The van der Waals surface area contributed by atoms with Gasteiger partial charge in [0.15, 0.2) is 17.3 Å². The largest absolute Gasteiger partial charge is 0.493 e. The molecule has 0 spiro atoms. The van der Waals surface area contributed by atoms with Crippen molar-refractivity contribution < 1.29 is 28.5 Å². The van der Waals surface area contributed by atoms with E-state index >= 15 is 0 Å². The van der Waals surface area contributed by atoms with Gasteiger partial charge in [-0.05, 0) is 29.8 Å². The Morgan fingerprint density at radius 1 is 0.862 bits per heavy atom. The van der Waals surface area contributed by atoms with E-state index in [-0.39, 0.29) is 51.6 Å². The minimum absolute atomic E-state index is 0.0384. The molecule has 0 amide bonds. The Kier molecular flexibility index (Phi) is 8.44. The lowest BCUT2D eigenvalue weighted by Crippen LogP contribution is -2.10. The highest BCUT2D eigenvalue weighted by Crippen LogP contribution is 2.40. The number of Topliss-reactive ketones (excluding diaryl/α,β-unsaturated/α-hetero) is 1. The zero-order valence-electron chi connectivity index (χ0n) is 16.0.